The highest BCUT2D eigenvalue weighted by Crippen LogP contribution is 2.31. The summed E-state index contributed by atoms with van der Waals surface area (Å²) in [5, 5.41) is 10.8. The molecule has 1 rings (SSSR count). The first-order chi connectivity index (χ1) is 10.6. The average molecular weight is 332 g/mol. The predicted molar refractivity (Wildman–Crippen MR) is 80.7 cm³/mol. The second-order valence-corrected chi connectivity index (χ2v) is 4.69. The molecule has 0 spiro atoms. The maximum absolute atomic E-state index is 11.0. The standard InChI is InChI=1S/C14H18ClNO6/c1-20-14(17)4-2-8-22-13-10-11(16(18)19)5-6-12(13)21-9-3-7-15/h5-6,10H,2-4,7-9H2,1H3. The zero-order valence-electron chi connectivity index (χ0n) is 12.2. The molecular weight excluding hydrogens is 314 g/mol. The van der Waals surface area contributed by atoms with E-state index >= 15 is 0 Å². The molecule has 0 heterocycles. The van der Waals surface area contributed by atoms with Crippen LogP contribution in [-0.2, 0) is 9.53 Å². The van der Waals surface area contributed by atoms with Gasteiger partial charge < -0.3 is 14.2 Å². The number of rotatable bonds is 10. The molecule has 1 aromatic rings. The molecule has 1 aromatic carbocycles. The largest absolute Gasteiger partial charge is 0.490 e. The quantitative estimate of drug-likeness (QED) is 0.215. The highest BCUT2D eigenvalue weighted by molar-refractivity contribution is 6.17. The first-order valence-corrected chi connectivity index (χ1v) is 7.28. The maximum Gasteiger partial charge on any atom is 0.305 e. The van der Waals surface area contributed by atoms with E-state index in [-0.39, 0.29) is 30.4 Å². The third-order valence-corrected chi connectivity index (χ3v) is 2.95. The summed E-state index contributed by atoms with van der Waals surface area (Å²) in [5.74, 6) is 0.811. The molecule has 0 unspecified atom stereocenters. The van der Waals surface area contributed by atoms with Gasteiger partial charge in [0.25, 0.3) is 5.69 Å². The topological polar surface area (TPSA) is 87.9 Å². The number of carbonyl (C=O) groups is 1. The maximum atomic E-state index is 11.0. The third kappa shape index (κ3) is 6.17. The van der Waals surface area contributed by atoms with Crippen LogP contribution in [-0.4, -0.2) is 37.1 Å². The monoisotopic (exact) mass is 331 g/mol. The lowest BCUT2D eigenvalue weighted by atomic mass is 10.2. The Hall–Kier alpha value is -2.02. The van der Waals surface area contributed by atoms with E-state index in [4.69, 9.17) is 21.1 Å². The molecular formula is C14H18ClNO6. The second kappa shape index (κ2) is 9.83. The van der Waals surface area contributed by atoms with E-state index in [1.807, 2.05) is 0 Å². The number of benzene rings is 1. The molecule has 0 aliphatic heterocycles. The molecule has 0 fully saturated rings. The molecule has 0 aliphatic rings. The van der Waals surface area contributed by atoms with E-state index in [9.17, 15) is 14.9 Å². The Labute approximate surface area is 133 Å². The van der Waals surface area contributed by atoms with Crippen molar-refractivity contribution >= 4 is 23.3 Å². The number of nitro benzene ring substituents is 1. The van der Waals surface area contributed by atoms with Crippen LogP contribution in [0.5, 0.6) is 11.5 Å². The molecule has 0 saturated heterocycles. The molecule has 22 heavy (non-hydrogen) atoms. The zero-order valence-corrected chi connectivity index (χ0v) is 13.0. The Morgan fingerprint density at radius 1 is 1.23 bits per heavy atom. The molecule has 0 aromatic heterocycles. The number of carbonyl (C=O) groups excluding carboxylic acids is 1. The summed E-state index contributed by atoms with van der Waals surface area (Å²) in [7, 11) is 1.31. The fourth-order valence-corrected chi connectivity index (χ4v) is 1.69. The van der Waals surface area contributed by atoms with Gasteiger partial charge in [0.15, 0.2) is 11.5 Å². The van der Waals surface area contributed by atoms with Gasteiger partial charge >= 0.3 is 5.97 Å². The van der Waals surface area contributed by atoms with Crippen molar-refractivity contribution in [2.45, 2.75) is 19.3 Å². The molecule has 7 nitrogen and oxygen atoms in total. The third-order valence-electron chi connectivity index (χ3n) is 2.68. The summed E-state index contributed by atoms with van der Waals surface area (Å²) in [6.45, 7) is 0.613. The average Bonchev–Trinajstić information content (AvgIpc) is 2.52. The van der Waals surface area contributed by atoms with Gasteiger partial charge in [-0.3, -0.25) is 14.9 Å². The van der Waals surface area contributed by atoms with Crippen molar-refractivity contribution in [3.8, 4) is 11.5 Å². The van der Waals surface area contributed by atoms with Gasteiger partial charge in [-0.05, 0) is 18.9 Å². The smallest absolute Gasteiger partial charge is 0.305 e. The number of ether oxygens (including phenoxy) is 3. The summed E-state index contributed by atoms with van der Waals surface area (Å²) in [6, 6.07) is 4.13. The van der Waals surface area contributed by atoms with Crippen LogP contribution < -0.4 is 9.47 Å². The number of hydrogen-bond acceptors (Lipinski definition) is 6. The van der Waals surface area contributed by atoms with E-state index in [2.05, 4.69) is 4.74 Å². The van der Waals surface area contributed by atoms with E-state index < -0.39 is 4.92 Å². The van der Waals surface area contributed by atoms with Crippen molar-refractivity contribution < 1.29 is 23.9 Å². The van der Waals surface area contributed by atoms with Crippen LogP contribution in [0.15, 0.2) is 18.2 Å². The van der Waals surface area contributed by atoms with E-state index in [0.717, 1.165) is 0 Å². The predicted octanol–water partition coefficient (Wildman–Crippen LogP) is 2.93. The van der Waals surface area contributed by atoms with Crippen LogP contribution in [0.2, 0.25) is 0 Å². The number of halogens is 1. The Morgan fingerprint density at radius 2 is 1.91 bits per heavy atom. The van der Waals surface area contributed by atoms with E-state index in [1.165, 1.54) is 25.3 Å². The van der Waals surface area contributed by atoms with Crippen LogP contribution in [0.1, 0.15) is 19.3 Å². The number of hydrogen-bond donors (Lipinski definition) is 0. The Bertz CT molecular complexity index is 508. The van der Waals surface area contributed by atoms with E-state index in [0.29, 0.717) is 31.1 Å². The highest BCUT2D eigenvalue weighted by atomic mass is 35.5. The molecule has 0 N–H and O–H groups in total. The van der Waals surface area contributed by atoms with Gasteiger partial charge in [-0.1, -0.05) is 0 Å². The minimum Gasteiger partial charge on any atom is -0.490 e. The van der Waals surface area contributed by atoms with Crippen LogP contribution in [0.25, 0.3) is 0 Å². The number of esters is 1. The van der Waals surface area contributed by atoms with Crippen molar-refractivity contribution in [1.82, 2.24) is 0 Å². The van der Waals surface area contributed by atoms with Crippen molar-refractivity contribution in [3.63, 3.8) is 0 Å². The van der Waals surface area contributed by atoms with Gasteiger partial charge in [0, 0.05) is 18.4 Å². The molecule has 0 saturated carbocycles. The zero-order chi connectivity index (χ0) is 16.4. The molecule has 122 valence electrons. The van der Waals surface area contributed by atoms with Crippen molar-refractivity contribution in [3.05, 3.63) is 28.3 Å². The molecule has 0 radical (unpaired) electrons. The second-order valence-electron chi connectivity index (χ2n) is 4.31. The number of alkyl halides is 1. The number of non-ortho nitro benzene ring substituents is 1. The molecule has 0 amide bonds. The van der Waals surface area contributed by atoms with Crippen molar-refractivity contribution in [2.75, 3.05) is 26.2 Å². The van der Waals surface area contributed by atoms with Gasteiger partial charge in [0.2, 0.25) is 0 Å². The summed E-state index contributed by atoms with van der Waals surface area (Å²) < 4.78 is 15.5. The normalized spacial score (nSPS) is 10.1. The lowest BCUT2D eigenvalue weighted by Crippen LogP contribution is -2.06. The Kier molecular flexibility index (Phi) is 8.06. The van der Waals surface area contributed by atoms with Crippen LogP contribution in [0.3, 0.4) is 0 Å². The first-order valence-electron chi connectivity index (χ1n) is 6.75. The van der Waals surface area contributed by atoms with Crippen molar-refractivity contribution in [1.29, 1.82) is 0 Å². The van der Waals surface area contributed by atoms with Gasteiger partial charge in [-0.25, -0.2) is 0 Å². The number of methoxy groups -OCH3 is 1. The van der Waals surface area contributed by atoms with E-state index in [1.54, 1.807) is 0 Å². The fourth-order valence-electron chi connectivity index (χ4n) is 1.58. The lowest BCUT2D eigenvalue weighted by molar-refractivity contribution is -0.385. The van der Waals surface area contributed by atoms with Gasteiger partial charge in [-0.15, -0.1) is 11.6 Å². The molecule has 8 heteroatoms. The van der Waals surface area contributed by atoms with Gasteiger partial charge in [-0.2, -0.15) is 0 Å². The molecule has 0 atom stereocenters. The minimum absolute atomic E-state index is 0.0901. The fraction of sp³-hybridized carbons (Fsp3) is 0.500. The lowest BCUT2D eigenvalue weighted by Gasteiger charge is -2.12. The van der Waals surface area contributed by atoms with Crippen LogP contribution in [0.4, 0.5) is 5.69 Å². The Morgan fingerprint density at radius 3 is 2.55 bits per heavy atom. The molecule has 0 aliphatic carbocycles. The SMILES string of the molecule is COC(=O)CCCOc1cc([N+](=O)[O-])ccc1OCCCCl. The minimum atomic E-state index is -0.510. The number of nitrogens with zero attached hydrogens (tertiary/aromatic N) is 1. The van der Waals surface area contributed by atoms with Gasteiger partial charge in [0.1, 0.15) is 0 Å². The van der Waals surface area contributed by atoms with Crippen LogP contribution in [0, 0.1) is 10.1 Å². The Balaban J connectivity index is 2.67. The van der Waals surface area contributed by atoms with Crippen molar-refractivity contribution in [2.24, 2.45) is 0 Å². The number of nitro groups is 1. The summed E-state index contributed by atoms with van der Waals surface area (Å²) in [6.07, 6.45) is 1.31. The highest BCUT2D eigenvalue weighted by Gasteiger charge is 2.13. The van der Waals surface area contributed by atoms with Crippen LogP contribution >= 0.6 is 11.6 Å². The summed E-state index contributed by atoms with van der Waals surface area (Å²) >= 11 is 5.58. The first kappa shape index (κ1) is 18.0. The molecule has 0 bridgehead atoms. The summed E-state index contributed by atoms with van der Waals surface area (Å²) in [5.41, 5.74) is -0.0901. The van der Waals surface area contributed by atoms with Gasteiger partial charge in [0.05, 0.1) is 31.3 Å². The summed E-state index contributed by atoms with van der Waals surface area (Å²) in [4.78, 5) is 21.3.